The maximum atomic E-state index is 13.0. The fourth-order valence-corrected chi connectivity index (χ4v) is 2.94. The summed E-state index contributed by atoms with van der Waals surface area (Å²) in [7, 11) is 0. The van der Waals surface area contributed by atoms with Crippen LogP contribution in [-0.4, -0.2) is 23.5 Å². The molecule has 1 aromatic carbocycles. The van der Waals surface area contributed by atoms with Crippen LogP contribution in [0.3, 0.4) is 0 Å². The van der Waals surface area contributed by atoms with Crippen molar-refractivity contribution in [2.75, 3.05) is 11.4 Å². The van der Waals surface area contributed by atoms with Crippen LogP contribution in [0.1, 0.15) is 6.42 Å². The van der Waals surface area contributed by atoms with E-state index in [1.54, 1.807) is 11.0 Å². The average molecular weight is 251 g/mol. The van der Waals surface area contributed by atoms with Crippen molar-refractivity contribution in [3.05, 3.63) is 24.0 Å². The molecule has 0 aliphatic carbocycles. The van der Waals surface area contributed by atoms with Gasteiger partial charge in [0, 0.05) is 19.0 Å². The molecule has 2 aromatic rings. The van der Waals surface area contributed by atoms with Gasteiger partial charge in [0.25, 0.3) is 0 Å². The molecule has 3 rings (SSSR count). The Balaban J connectivity index is 2.03. The SMILES string of the molecule is NC1CC(=O)N(c2nc3ccc(F)cc3s2)C1. The van der Waals surface area contributed by atoms with Crippen LogP contribution in [-0.2, 0) is 4.79 Å². The number of rotatable bonds is 1. The molecule has 1 atom stereocenters. The number of hydrogen-bond acceptors (Lipinski definition) is 4. The molecule has 4 nitrogen and oxygen atoms in total. The minimum Gasteiger partial charge on any atom is -0.326 e. The van der Waals surface area contributed by atoms with Gasteiger partial charge in [0.1, 0.15) is 5.82 Å². The summed E-state index contributed by atoms with van der Waals surface area (Å²) < 4.78 is 13.8. The standard InChI is InChI=1S/C11H10FN3OS/c12-6-1-2-8-9(3-6)17-11(14-8)15-5-7(13)4-10(15)16/h1-3,7H,4-5,13H2. The highest BCUT2D eigenvalue weighted by Crippen LogP contribution is 2.31. The van der Waals surface area contributed by atoms with Crippen molar-refractivity contribution >= 4 is 32.6 Å². The number of hydrogen-bond donors (Lipinski definition) is 1. The zero-order valence-electron chi connectivity index (χ0n) is 8.89. The first-order chi connectivity index (χ1) is 8.13. The number of aromatic nitrogens is 1. The van der Waals surface area contributed by atoms with Gasteiger partial charge in [0.15, 0.2) is 5.13 Å². The summed E-state index contributed by atoms with van der Waals surface area (Å²) in [5.74, 6) is -0.311. The zero-order chi connectivity index (χ0) is 12.0. The lowest BCUT2D eigenvalue weighted by atomic mass is 10.3. The van der Waals surface area contributed by atoms with Gasteiger partial charge >= 0.3 is 0 Å². The lowest BCUT2D eigenvalue weighted by molar-refractivity contribution is -0.117. The van der Waals surface area contributed by atoms with E-state index < -0.39 is 0 Å². The first-order valence-corrected chi connectivity index (χ1v) is 6.07. The van der Waals surface area contributed by atoms with Crippen molar-refractivity contribution in [1.29, 1.82) is 0 Å². The van der Waals surface area contributed by atoms with Crippen LogP contribution in [0.5, 0.6) is 0 Å². The van der Waals surface area contributed by atoms with Gasteiger partial charge < -0.3 is 5.73 Å². The van der Waals surface area contributed by atoms with Crippen molar-refractivity contribution in [3.63, 3.8) is 0 Å². The molecule has 1 aliphatic heterocycles. The van der Waals surface area contributed by atoms with Gasteiger partial charge in [-0.3, -0.25) is 9.69 Å². The molecule has 1 fully saturated rings. The molecule has 0 radical (unpaired) electrons. The highest BCUT2D eigenvalue weighted by atomic mass is 32.1. The maximum Gasteiger partial charge on any atom is 0.230 e. The van der Waals surface area contributed by atoms with E-state index in [9.17, 15) is 9.18 Å². The zero-order valence-corrected chi connectivity index (χ0v) is 9.71. The Kier molecular flexibility index (Phi) is 2.34. The van der Waals surface area contributed by atoms with Crippen LogP contribution in [0.25, 0.3) is 10.2 Å². The van der Waals surface area contributed by atoms with Crippen molar-refractivity contribution < 1.29 is 9.18 Å². The summed E-state index contributed by atoms with van der Waals surface area (Å²) in [4.78, 5) is 17.6. The van der Waals surface area contributed by atoms with Crippen molar-refractivity contribution in [2.45, 2.75) is 12.5 Å². The van der Waals surface area contributed by atoms with E-state index >= 15 is 0 Å². The molecule has 1 aliphatic rings. The third-order valence-corrected chi connectivity index (χ3v) is 3.77. The van der Waals surface area contributed by atoms with Crippen LogP contribution < -0.4 is 10.6 Å². The normalized spacial score (nSPS) is 20.5. The second-order valence-corrected chi connectivity index (χ2v) is 5.09. The number of carbonyl (C=O) groups excluding carboxylic acids is 1. The van der Waals surface area contributed by atoms with E-state index in [4.69, 9.17) is 5.73 Å². The van der Waals surface area contributed by atoms with Gasteiger partial charge in [0.05, 0.1) is 10.2 Å². The van der Waals surface area contributed by atoms with Crippen LogP contribution in [0.2, 0.25) is 0 Å². The fraction of sp³-hybridized carbons (Fsp3) is 0.273. The Bertz CT molecular complexity index is 597. The van der Waals surface area contributed by atoms with Crippen molar-refractivity contribution in [3.8, 4) is 0 Å². The summed E-state index contributed by atoms with van der Waals surface area (Å²) in [6.07, 6.45) is 0.351. The van der Waals surface area contributed by atoms with Crippen molar-refractivity contribution in [2.24, 2.45) is 5.73 Å². The lowest BCUT2D eigenvalue weighted by Crippen LogP contribution is -2.27. The Hall–Kier alpha value is -1.53. The molecule has 17 heavy (non-hydrogen) atoms. The van der Waals surface area contributed by atoms with E-state index in [1.165, 1.54) is 23.5 Å². The molecule has 0 bridgehead atoms. The van der Waals surface area contributed by atoms with Gasteiger partial charge in [-0.1, -0.05) is 11.3 Å². The monoisotopic (exact) mass is 251 g/mol. The fourth-order valence-electron chi connectivity index (χ4n) is 1.92. The number of carbonyl (C=O) groups is 1. The van der Waals surface area contributed by atoms with Gasteiger partial charge in [-0.05, 0) is 18.2 Å². The molecule has 1 aromatic heterocycles. The Morgan fingerprint density at radius 2 is 2.35 bits per heavy atom. The van der Waals surface area contributed by atoms with E-state index in [0.29, 0.717) is 23.6 Å². The predicted octanol–water partition coefficient (Wildman–Crippen LogP) is 1.50. The summed E-state index contributed by atoms with van der Waals surface area (Å²) in [6.45, 7) is 0.487. The van der Waals surface area contributed by atoms with Gasteiger partial charge in [-0.2, -0.15) is 0 Å². The number of fused-ring (bicyclic) bond motifs is 1. The van der Waals surface area contributed by atoms with E-state index in [-0.39, 0.29) is 17.8 Å². The van der Waals surface area contributed by atoms with Gasteiger partial charge in [-0.25, -0.2) is 9.37 Å². The lowest BCUT2D eigenvalue weighted by Gasteiger charge is -2.10. The number of anilines is 1. The number of halogens is 1. The Morgan fingerprint density at radius 1 is 1.53 bits per heavy atom. The highest BCUT2D eigenvalue weighted by molar-refractivity contribution is 7.22. The molecular weight excluding hydrogens is 241 g/mol. The number of thiazole rings is 1. The smallest absolute Gasteiger partial charge is 0.230 e. The molecule has 6 heteroatoms. The third-order valence-electron chi connectivity index (χ3n) is 2.73. The first-order valence-electron chi connectivity index (χ1n) is 5.25. The second kappa shape index (κ2) is 3.75. The number of benzene rings is 1. The summed E-state index contributed by atoms with van der Waals surface area (Å²) >= 11 is 1.31. The van der Waals surface area contributed by atoms with Crippen LogP contribution in [0, 0.1) is 5.82 Å². The Labute approximate surface area is 101 Å². The van der Waals surface area contributed by atoms with Gasteiger partial charge in [-0.15, -0.1) is 0 Å². The summed E-state index contributed by atoms with van der Waals surface area (Å²) in [6, 6.07) is 4.28. The van der Waals surface area contributed by atoms with E-state index in [1.807, 2.05) is 0 Å². The molecule has 0 saturated carbocycles. The van der Waals surface area contributed by atoms with E-state index in [0.717, 1.165) is 4.70 Å². The van der Waals surface area contributed by atoms with Crippen LogP contribution in [0.15, 0.2) is 18.2 Å². The van der Waals surface area contributed by atoms with Crippen LogP contribution in [0.4, 0.5) is 9.52 Å². The highest BCUT2D eigenvalue weighted by Gasteiger charge is 2.30. The number of amides is 1. The van der Waals surface area contributed by atoms with Crippen molar-refractivity contribution in [1.82, 2.24) is 4.98 Å². The molecule has 1 unspecified atom stereocenters. The minimum atomic E-state index is -0.294. The average Bonchev–Trinajstić information content (AvgIpc) is 2.80. The topological polar surface area (TPSA) is 59.2 Å². The maximum absolute atomic E-state index is 13.0. The molecular formula is C11H10FN3OS. The first kappa shape index (κ1) is 10.6. The summed E-state index contributed by atoms with van der Waals surface area (Å²) in [5, 5.41) is 0.601. The quantitative estimate of drug-likeness (QED) is 0.835. The molecule has 1 saturated heterocycles. The molecule has 2 N–H and O–H groups in total. The van der Waals surface area contributed by atoms with Crippen LogP contribution >= 0.6 is 11.3 Å². The number of nitrogens with two attached hydrogens (primary N) is 1. The number of nitrogens with zero attached hydrogens (tertiary/aromatic N) is 2. The Morgan fingerprint density at radius 3 is 3.06 bits per heavy atom. The molecule has 1 amide bonds. The molecule has 88 valence electrons. The predicted molar refractivity (Wildman–Crippen MR) is 64.5 cm³/mol. The molecule has 2 heterocycles. The van der Waals surface area contributed by atoms with Gasteiger partial charge in [0.2, 0.25) is 5.91 Å². The molecule has 0 spiro atoms. The van der Waals surface area contributed by atoms with E-state index in [2.05, 4.69) is 4.98 Å². The minimum absolute atomic E-state index is 0.0166. The second-order valence-electron chi connectivity index (χ2n) is 4.08. The largest absolute Gasteiger partial charge is 0.326 e. The third kappa shape index (κ3) is 1.79. The summed E-state index contributed by atoms with van der Waals surface area (Å²) in [5.41, 5.74) is 6.43.